The number of benzene rings is 1. The van der Waals surface area contributed by atoms with E-state index < -0.39 is 5.97 Å². The summed E-state index contributed by atoms with van der Waals surface area (Å²) in [6.45, 7) is 4.61. The van der Waals surface area contributed by atoms with Crippen molar-refractivity contribution in [3.63, 3.8) is 0 Å². The minimum Gasteiger partial charge on any atom is -0.486 e. The highest BCUT2D eigenvalue weighted by Crippen LogP contribution is 2.35. The first kappa shape index (κ1) is 20.6. The molecule has 0 spiro atoms. The van der Waals surface area contributed by atoms with Crippen LogP contribution in [-0.4, -0.2) is 65.5 Å². The number of fused-ring (bicyclic) bond motifs is 2. The molecule has 3 heterocycles. The molecule has 0 aliphatic carbocycles. The molecule has 0 unspecified atom stereocenters. The van der Waals surface area contributed by atoms with Crippen LogP contribution >= 0.6 is 0 Å². The molecule has 1 amide bonds. The Morgan fingerprint density at radius 3 is 2.61 bits per heavy atom. The fourth-order valence-corrected chi connectivity index (χ4v) is 3.25. The summed E-state index contributed by atoms with van der Waals surface area (Å²) in [7, 11) is 3.21. The summed E-state index contributed by atoms with van der Waals surface area (Å²) in [4.78, 5) is 30.9. The van der Waals surface area contributed by atoms with Gasteiger partial charge in [0.05, 0.1) is 22.8 Å². The van der Waals surface area contributed by atoms with E-state index in [-0.39, 0.29) is 18.6 Å². The monoisotopic (exact) mass is 424 g/mol. The van der Waals surface area contributed by atoms with Crippen molar-refractivity contribution in [1.82, 2.24) is 19.7 Å². The number of aromatic nitrogens is 3. The SMILES string of the molecule is CC(C)n1ncc2c(C(=O)OCC(=O)N(C)C)cc(-c3ccc4c(c3)OCCO4)nc21. The lowest BCUT2D eigenvalue weighted by atomic mass is 10.1. The Morgan fingerprint density at radius 1 is 1.16 bits per heavy atom. The van der Waals surface area contributed by atoms with Gasteiger partial charge in [0, 0.05) is 25.7 Å². The van der Waals surface area contributed by atoms with Crippen LogP contribution in [0.1, 0.15) is 30.2 Å². The zero-order valence-electron chi connectivity index (χ0n) is 17.9. The summed E-state index contributed by atoms with van der Waals surface area (Å²) < 4.78 is 18.3. The van der Waals surface area contributed by atoms with E-state index in [4.69, 9.17) is 19.2 Å². The number of likely N-dealkylation sites (N-methyl/N-ethyl adjacent to an activating group) is 1. The lowest BCUT2D eigenvalue weighted by Crippen LogP contribution is -2.27. The third kappa shape index (κ3) is 4.03. The van der Waals surface area contributed by atoms with Crippen molar-refractivity contribution in [2.24, 2.45) is 0 Å². The number of rotatable bonds is 5. The molecule has 1 aliphatic rings. The molecule has 0 atom stereocenters. The normalized spacial score (nSPS) is 12.8. The van der Waals surface area contributed by atoms with Gasteiger partial charge in [0.15, 0.2) is 23.8 Å². The highest BCUT2D eigenvalue weighted by molar-refractivity contribution is 6.04. The highest BCUT2D eigenvalue weighted by Gasteiger charge is 2.21. The minimum atomic E-state index is -0.607. The predicted octanol–water partition coefficient (Wildman–Crippen LogP) is 2.70. The molecule has 0 saturated carbocycles. The number of carbonyl (C=O) groups is 2. The van der Waals surface area contributed by atoms with Crippen molar-refractivity contribution in [2.45, 2.75) is 19.9 Å². The molecule has 1 aromatic carbocycles. The smallest absolute Gasteiger partial charge is 0.339 e. The molecule has 9 nitrogen and oxygen atoms in total. The van der Waals surface area contributed by atoms with Gasteiger partial charge in [0.1, 0.15) is 13.2 Å². The third-order valence-electron chi connectivity index (χ3n) is 4.94. The van der Waals surface area contributed by atoms with Crippen molar-refractivity contribution in [3.05, 3.63) is 36.0 Å². The van der Waals surface area contributed by atoms with Gasteiger partial charge in [-0.25, -0.2) is 14.5 Å². The average molecular weight is 424 g/mol. The Kier molecular flexibility index (Phi) is 5.50. The molecule has 0 radical (unpaired) electrons. The van der Waals surface area contributed by atoms with E-state index in [0.29, 0.717) is 47.0 Å². The van der Waals surface area contributed by atoms with Gasteiger partial charge in [-0.2, -0.15) is 5.10 Å². The molecule has 0 bridgehead atoms. The third-order valence-corrected chi connectivity index (χ3v) is 4.94. The average Bonchev–Trinajstić information content (AvgIpc) is 3.20. The van der Waals surface area contributed by atoms with E-state index in [9.17, 15) is 9.59 Å². The standard InChI is InChI=1S/C22H24N4O5/c1-13(2)26-21-16(11-23-26)15(22(28)31-12-20(27)25(3)4)10-17(24-21)14-5-6-18-19(9-14)30-8-7-29-18/h5-6,9-11,13H,7-8,12H2,1-4H3. The Morgan fingerprint density at radius 2 is 1.90 bits per heavy atom. The number of carbonyl (C=O) groups excluding carboxylic acids is 2. The van der Waals surface area contributed by atoms with Crippen molar-refractivity contribution in [2.75, 3.05) is 33.9 Å². The second-order valence-corrected chi connectivity index (χ2v) is 7.70. The van der Waals surface area contributed by atoms with Crippen LogP contribution in [0.4, 0.5) is 0 Å². The second kappa shape index (κ2) is 8.25. The van der Waals surface area contributed by atoms with Gasteiger partial charge in [-0.3, -0.25) is 4.79 Å². The van der Waals surface area contributed by atoms with E-state index in [2.05, 4.69) is 5.10 Å². The van der Waals surface area contributed by atoms with Crippen molar-refractivity contribution >= 4 is 22.9 Å². The maximum Gasteiger partial charge on any atom is 0.339 e. The van der Waals surface area contributed by atoms with Gasteiger partial charge in [0.2, 0.25) is 0 Å². The van der Waals surface area contributed by atoms with Crippen LogP contribution in [0.3, 0.4) is 0 Å². The van der Waals surface area contributed by atoms with Crippen LogP contribution in [0.25, 0.3) is 22.3 Å². The molecule has 3 aromatic rings. The molecule has 0 N–H and O–H groups in total. The highest BCUT2D eigenvalue weighted by atomic mass is 16.6. The van der Waals surface area contributed by atoms with E-state index >= 15 is 0 Å². The Balaban J connectivity index is 1.78. The summed E-state index contributed by atoms with van der Waals surface area (Å²) in [6, 6.07) is 7.22. The fourth-order valence-electron chi connectivity index (χ4n) is 3.25. The summed E-state index contributed by atoms with van der Waals surface area (Å²) in [5, 5.41) is 4.96. The molecule has 0 saturated heterocycles. The zero-order valence-corrected chi connectivity index (χ0v) is 17.9. The number of ether oxygens (including phenoxy) is 3. The van der Waals surface area contributed by atoms with Crippen LogP contribution in [-0.2, 0) is 9.53 Å². The van der Waals surface area contributed by atoms with Crippen molar-refractivity contribution < 1.29 is 23.8 Å². The Hall–Kier alpha value is -3.62. The summed E-state index contributed by atoms with van der Waals surface area (Å²) in [6.07, 6.45) is 1.60. The second-order valence-electron chi connectivity index (χ2n) is 7.70. The van der Waals surface area contributed by atoms with Gasteiger partial charge in [-0.15, -0.1) is 0 Å². The topological polar surface area (TPSA) is 95.8 Å². The summed E-state index contributed by atoms with van der Waals surface area (Å²) >= 11 is 0. The first-order chi connectivity index (χ1) is 14.8. The quantitative estimate of drug-likeness (QED) is 0.581. The number of hydrogen-bond donors (Lipinski definition) is 0. The molecule has 9 heteroatoms. The van der Waals surface area contributed by atoms with Gasteiger partial charge in [0.25, 0.3) is 5.91 Å². The lowest BCUT2D eigenvalue weighted by Gasteiger charge is -2.19. The van der Waals surface area contributed by atoms with Crippen molar-refractivity contribution in [1.29, 1.82) is 0 Å². The number of pyridine rings is 1. The largest absolute Gasteiger partial charge is 0.486 e. The maximum atomic E-state index is 12.9. The number of nitrogens with zero attached hydrogens (tertiary/aromatic N) is 4. The lowest BCUT2D eigenvalue weighted by molar-refractivity contribution is -0.131. The first-order valence-electron chi connectivity index (χ1n) is 10.0. The molecular weight excluding hydrogens is 400 g/mol. The number of amides is 1. The zero-order chi connectivity index (χ0) is 22.1. The molecule has 2 aromatic heterocycles. The van der Waals surface area contributed by atoms with Gasteiger partial charge in [-0.05, 0) is 38.1 Å². The number of esters is 1. The van der Waals surface area contributed by atoms with E-state index in [1.165, 1.54) is 4.90 Å². The van der Waals surface area contributed by atoms with Crippen LogP contribution < -0.4 is 9.47 Å². The van der Waals surface area contributed by atoms with Crippen molar-refractivity contribution in [3.8, 4) is 22.8 Å². The fraction of sp³-hybridized carbons (Fsp3) is 0.364. The van der Waals surface area contributed by atoms with Crippen LogP contribution in [0.5, 0.6) is 11.5 Å². The van der Waals surface area contributed by atoms with Crippen LogP contribution in [0.2, 0.25) is 0 Å². The minimum absolute atomic E-state index is 0.0414. The maximum absolute atomic E-state index is 12.9. The van der Waals surface area contributed by atoms with E-state index in [1.54, 1.807) is 31.0 Å². The Labute approximate surface area is 179 Å². The Bertz CT molecular complexity index is 1150. The number of hydrogen-bond acceptors (Lipinski definition) is 7. The van der Waals surface area contributed by atoms with Gasteiger partial charge < -0.3 is 19.1 Å². The molecule has 31 heavy (non-hydrogen) atoms. The molecular formula is C22H24N4O5. The molecule has 4 rings (SSSR count). The molecule has 0 fully saturated rings. The van der Waals surface area contributed by atoms with E-state index in [1.807, 2.05) is 32.0 Å². The van der Waals surface area contributed by atoms with Gasteiger partial charge in [-0.1, -0.05) is 0 Å². The van der Waals surface area contributed by atoms with Gasteiger partial charge >= 0.3 is 5.97 Å². The molecule has 1 aliphatic heterocycles. The predicted molar refractivity (Wildman–Crippen MR) is 113 cm³/mol. The van der Waals surface area contributed by atoms with E-state index in [0.717, 1.165) is 5.56 Å². The van der Waals surface area contributed by atoms with Crippen LogP contribution in [0, 0.1) is 0 Å². The summed E-state index contributed by atoms with van der Waals surface area (Å²) in [5.41, 5.74) is 2.19. The first-order valence-corrected chi connectivity index (χ1v) is 10.0. The molecule has 162 valence electrons. The summed E-state index contributed by atoms with van der Waals surface area (Å²) in [5.74, 6) is 0.391. The van der Waals surface area contributed by atoms with Crippen LogP contribution in [0.15, 0.2) is 30.5 Å².